The Kier molecular flexibility index (Phi) is 0.745. The molecule has 1 N–H and O–H groups in total. The summed E-state index contributed by atoms with van der Waals surface area (Å²) in [5.41, 5.74) is 1.31. The third kappa shape index (κ3) is 0.561. The summed E-state index contributed by atoms with van der Waals surface area (Å²) in [5, 5.41) is 0. The second kappa shape index (κ2) is 1.51. The maximum atomic E-state index is 3.91. The first-order valence-corrected chi connectivity index (χ1v) is 2.49. The first-order chi connectivity index (χ1) is 4.47. The lowest BCUT2D eigenvalue weighted by atomic mass is 10.7. The largest absolute Gasteiger partial charge is 0.328 e. The minimum atomic E-state index is 0.609. The number of aromatic amines is 1. The summed E-state index contributed by atoms with van der Waals surface area (Å²) in [4.78, 5) is 14.4. The Balaban J connectivity index is 2.95. The van der Waals surface area contributed by atoms with E-state index in [4.69, 9.17) is 0 Å². The lowest BCUT2D eigenvalue weighted by molar-refractivity contribution is 1.24. The second-order valence-corrected chi connectivity index (χ2v) is 1.57. The maximum absolute atomic E-state index is 3.91. The van der Waals surface area contributed by atoms with Gasteiger partial charge in [-0.15, -0.1) is 0 Å². The Hall–Kier alpha value is -1.45. The molecule has 0 amide bonds. The zero-order valence-electron chi connectivity index (χ0n) is 4.50. The molecule has 0 atom stereocenters. The third-order valence-electron chi connectivity index (χ3n) is 1.02. The van der Waals surface area contributed by atoms with Gasteiger partial charge in [-0.05, 0) is 0 Å². The van der Waals surface area contributed by atoms with Crippen LogP contribution in [0.15, 0.2) is 12.5 Å². The molecule has 0 saturated heterocycles. The van der Waals surface area contributed by atoms with Crippen molar-refractivity contribution in [2.24, 2.45) is 0 Å². The SMILES string of the molecule is [c]1cnc2[nH]cnc2n1. The first kappa shape index (κ1) is 4.43. The molecule has 2 rings (SSSR count). The van der Waals surface area contributed by atoms with Gasteiger partial charge in [0.2, 0.25) is 0 Å². The van der Waals surface area contributed by atoms with E-state index in [1.165, 1.54) is 6.20 Å². The average molecular weight is 119 g/mol. The summed E-state index contributed by atoms with van der Waals surface area (Å²) in [6, 6.07) is 0. The molecule has 0 aromatic carbocycles. The molecule has 0 aliphatic carbocycles. The van der Waals surface area contributed by atoms with Gasteiger partial charge in [-0.1, -0.05) is 0 Å². The molecule has 43 valence electrons. The number of aromatic nitrogens is 4. The number of nitrogens with one attached hydrogen (secondary N) is 1. The quantitative estimate of drug-likeness (QED) is 0.537. The summed E-state index contributed by atoms with van der Waals surface area (Å²) in [7, 11) is 0. The third-order valence-corrected chi connectivity index (χ3v) is 1.02. The van der Waals surface area contributed by atoms with Crippen LogP contribution in [0.1, 0.15) is 0 Å². The summed E-state index contributed by atoms with van der Waals surface area (Å²) in [6.07, 6.45) is 5.63. The Morgan fingerprint density at radius 2 is 2.44 bits per heavy atom. The van der Waals surface area contributed by atoms with E-state index in [1.807, 2.05) is 0 Å². The molecule has 0 spiro atoms. The van der Waals surface area contributed by atoms with E-state index >= 15 is 0 Å². The molecule has 0 fully saturated rings. The zero-order valence-corrected chi connectivity index (χ0v) is 4.50. The molecule has 0 saturated carbocycles. The molecule has 2 heterocycles. The molecule has 0 aliphatic heterocycles. The van der Waals surface area contributed by atoms with Gasteiger partial charge in [-0.2, -0.15) is 0 Å². The number of hydrogen-bond donors (Lipinski definition) is 1. The lowest BCUT2D eigenvalue weighted by Crippen LogP contribution is -1.78. The highest BCUT2D eigenvalue weighted by molar-refractivity contribution is 5.62. The Bertz CT molecular complexity index is 283. The molecule has 4 nitrogen and oxygen atoms in total. The topological polar surface area (TPSA) is 54.5 Å². The minimum absolute atomic E-state index is 0.609. The smallest absolute Gasteiger partial charge is 0.197 e. The highest BCUT2D eigenvalue weighted by atomic mass is 15.0. The van der Waals surface area contributed by atoms with Crippen LogP contribution in [0.5, 0.6) is 0 Å². The summed E-state index contributed by atoms with van der Waals surface area (Å²) >= 11 is 0. The van der Waals surface area contributed by atoms with Gasteiger partial charge in [-0.25, -0.2) is 15.0 Å². The van der Waals surface area contributed by atoms with E-state index in [2.05, 4.69) is 26.1 Å². The molecule has 1 radical (unpaired) electrons. The van der Waals surface area contributed by atoms with E-state index in [0.29, 0.717) is 11.3 Å². The number of nitrogens with zero attached hydrogens (tertiary/aromatic N) is 3. The van der Waals surface area contributed by atoms with Crippen molar-refractivity contribution < 1.29 is 0 Å². The fourth-order valence-electron chi connectivity index (χ4n) is 0.641. The highest BCUT2D eigenvalue weighted by Crippen LogP contribution is 1.96. The normalized spacial score (nSPS) is 10.2. The van der Waals surface area contributed by atoms with Crippen molar-refractivity contribution in [3.8, 4) is 0 Å². The fraction of sp³-hybridized carbons (Fsp3) is 0. The molecule has 4 heteroatoms. The van der Waals surface area contributed by atoms with Crippen molar-refractivity contribution in [3.05, 3.63) is 18.7 Å². The van der Waals surface area contributed by atoms with Crippen molar-refractivity contribution in [1.82, 2.24) is 19.9 Å². The number of hydrogen-bond acceptors (Lipinski definition) is 3. The standard InChI is InChI=1S/C5H3N4/c1-2-7-5-4(6-1)8-3-9-5/h1,3H,(H,6,7,8,9). The van der Waals surface area contributed by atoms with Crippen LogP contribution in [0.4, 0.5) is 0 Å². The first-order valence-electron chi connectivity index (χ1n) is 2.49. The van der Waals surface area contributed by atoms with Crippen LogP contribution in [0, 0.1) is 6.20 Å². The van der Waals surface area contributed by atoms with Gasteiger partial charge in [0.1, 0.15) is 6.20 Å². The zero-order chi connectivity index (χ0) is 6.10. The Morgan fingerprint density at radius 3 is 3.33 bits per heavy atom. The van der Waals surface area contributed by atoms with Crippen molar-refractivity contribution in [3.63, 3.8) is 0 Å². The number of imidazole rings is 1. The van der Waals surface area contributed by atoms with Crippen LogP contribution in [0.2, 0.25) is 0 Å². The highest BCUT2D eigenvalue weighted by Gasteiger charge is 1.92. The van der Waals surface area contributed by atoms with Gasteiger partial charge in [0.15, 0.2) is 11.3 Å². The molecular formula is C5H3N4. The van der Waals surface area contributed by atoms with Crippen LogP contribution in [-0.2, 0) is 0 Å². The van der Waals surface area contributed by atoms with Crippen LogP contribution in [0.25, 0.3) is 11.3 Å². The van der Waals surface area contributed by atoms with Crippen molar-refractivity contribution in [2.45, 2.75) is 0 Å². The van der Waals surface area contributed by atoms with Gasteiger partial charge in [-0.3, -0.25) is 0 Å². The molecule has 2 aromatic heterocycles. The molecule has 0 aliphatic rings. The van der Waals surface area contributed by atoms with Crippen LogP contribution >= 0.6 is 0 Å². The average Bonchev–Trinajstić information content (AvgIpc) is 2.33. The van der Waals surface area contributed by atoms with E-state index in [-0.39, 0.29) is 0 Å². The minimum Gasteiger partial charge on any atom is -0.328 e. The van der Waals surface area contributed by atoms with Crippen LogP contribution < -0.4 is 0 Å². The molecular weight excluding hydrogens is 116 g/mol. The summed E-state index contributed by atoms with van der Waals surface area (Å²) in [5.74, 6) is 0. The van der Waals surface area contributed by atoms with Gasteiger partial charge in [0.25, 0.3) is 0 Å². The summed E-state index contributed by atoms with van der Waals surface area (Å²) in [6.45, 7) is 0. The number of H-pyrrole nitrogens is 1. The van der Waals surface area contributed by atoms with Crippen LogP contribution in [0.3, 0.4) is 0 Å². The van der Waals surface area contributed by atoms with E-state index in [0.717, 1.165) is 0 Å². The monoisotopic (exact) mass is 119 g/mol. The predicted octanol–water partition coefficient (Wildman–Crippen LogP) is 0.153. The molecule has 0 bridgehead atoms. The van der Waals surface area contributed by atoms with Gasteiger partial charge in [0.05, 0.1) is 12.5 Å². The fourth-order valence-corrected chi connectivity index (χ4v) is 0.641. The van der Waals surface area contributed by atoms with Crippen LogP contribution in [-0.4, -0.2) is 19.9 Å². The maximum Gasteiger partial charge on any atom is 0.197 e. The van der Waals surface area contributed by atoms with Crippen molar-refractivity contribution in [1.29, 1.82) is 0 Å². The number of rotatable bonds is 0. The van der Waals surface area contributed by atoms with E-state index < -0.39 is 0 Å². The van der Waals surface area contributed by atoms with Crippen molar-refractivity contribution in [2.75, 3.05) is 0 Å². The summed E-state index contributed by atoms with van der Waals surface area (Å²) < 4.78 is 0. The Labute approximate surface area is 51.0 Å². The van der Waals surface area contributed by atoms with Crippen molar-refractivity contribution >= 4 is 11.3 Å². The molecule has 2 aromatic rings. The molecule has 9 heavy (non-hydrogen) atoms. The van der Waals surface area contributed by atoms with Gasteiger partial charge in [0, 0.05) is 0 Å². The Morgan fingerprint density at radius 1 is 1.44 bits per heavy atom. The van der Waals surface area contributed by atoms with E-state index in [1.54, 1.807) is 6.33 Å². The molecule has 0 unspecified atom stereocenters. The second-order valence-electron chi connectivity index (χ2n) is 1.57. The van der Waals surface area contributed by atoms with Gasteiger partial charge < -0.3 is 4.98 Å². The predicted molar refractivity (Wildman–Crippen MR) is 30.5 cm³/mol. The lowest BCUT2D eigenvalue weighted by Gasteiger charge is -1.79. The van der Waals surface area contributed by atoms with E-state index in [9.17, 15) is 0 Å². The number of fused-ring (bicyclic) bond motifs is 1. The van der Waals surface area contributed by atoms with Gasteiger partial charge >= 0.3 is 0 Å².